The maximum absolute atomic E-state index is 4.76. The van der Waals surface area contributed by atoms with Gasteiger partial charge in [-0.3, -0.25) is 4.90 Å². The number of aromatic nitrogens is 3. The molecule has 7 nitrogen and oxygen atoms in total. The van der Waals surface area contributed by atoms with Gasteiger partial charge in [-0.2, -0.15) is 11.8 Å². The third kappa shape index (κ3) is 7.33. The smallest absolute Gasteiger partial charge is 0.191 e. The van der Waals surface area contributed by atoms with Gasteiger partial charge >= 0.3 is 0 Å². The Hall–Kier alpha value is -1.28. The van der Waals surface area contributed by atoms with Crippen LogP contribution in [0.25, 0.3) is 0 Å². The minimum absolute atomic E-state index is 0.286. The van der Waals surface area contributed by atoms with Crippen LogP contribution in [-0.4, -0.2) is 68.3 Å². The van der Waals surface area contributed by atoms with Crippen molar-refractivity contribution >= 4 is 17.7 Å². The van der Waals surface area contributed by atoms with E-state index in [0.717, 1.165) is 43.0 Å². The van der Waals surface area contributed by atoms with Crippen LogP contribution in [0.4, 0.5) is 0 Å². The normalized spacial score (nSPS) is 18.9. The Morgan fingerprint density at radius 3 is 2.70 bits per heavy atom. The quantitative estimate of drug-likeness (QED) is 0.399. The predicted molar refractivity (Wildman–Crippen MR) is 115 cm³/mol. The first-order valence-corrected chi connectivity index (χ1v) is 11.0. The van der Waals surface area contributed by atoms with E-state index < -0.39 is 0 Å². The van der Waals surface area contributed by atoms with Gasteiger partial charge in [0.1, 0.15) is 12.4 Å². The van der Waals surface area contributed by atoms with Gasteiger partial charge in [0.2, 0.25) is 0 Å². The van der Waals surface area contributed by atoms with E-state index in [1.807, 2.05) is 30.3 Å². The second-order valence-corrected chi connectivity index (χ2v) is 10.0. The number of likely N-dealkylation sites (tertiary alicyclic amines) is 1. The van der Waals surface area contributed by atoms with E-state index in [4.69, 9.17) is 4.99 Å². The second-order valence-electron chi connectivity index (χ2n) is 8.08. The van der Waals surface area contributed by atoms with Crippen molar-refractivity contribution < 1.29 is 0 Å². The van der Waals surface area contributed by atoms with Gasteiger partial charge in [0, 0.05) is 36.7 Å². The first-order chi connectivity index (χ1) is 12.8. The van der Waals surface area contributed by atoms with Gasteiger partial charge in [-0.15, -0.1) is 10.2 Å². The van der Waals surface area contributed by atoms with Crippen molar-refractivity contribution in [1.29, 1.82) is 0 Å². The van der Waals surface area contributed by atoms with E-state index in [2.05, 4.69) is 53.4 Å². The Morgan fingerprint density at radius 2 is 2.07 bits per heavy atom. The lowest BCUT2D eigenvalue weighted by atomic mass is 10.2. The topological polar surface area (TPSA) is 70.4 Å². The summed E-state index contributed by atoms with van der Waals surface area (Å²) in [5, 5.41) is 15.4. The number of aryl methyl sites for hydroxylation is 1. The van der Waals surface area contributed by atoms with E-state index >= 15 is 0 Å². The Balaban J connectivity index is 1.92. The first kappa shape index (κ1) is 22.0. The molecule has 0 aromatic carbocycles. The fourth-order valence-corrected chi connectivity index (χ4v) is 4.01. The summed E-state index contributed by atoms with van der Waals surface area (Å²) in [6.45, 7) is 15.6. The van der Waals surface area contributed by atoms with Crippen molar-refractivity contribution in [1.82, 2.24) is 30.3 Å². The number of rotatable bonds is 8. The molecule has 8 heteroatoms. The number of thioether (sulfide) groups is 1. The standard InChI is InChI=1S/C19H37N7S/c1-7-26-11-8-9-16(26)13-21-18(20-10-12-27-19(3,4)5)22-14-17-24-23-15(2)25(17)6/h16H,7-14H2,1-6H3,(H2,20,21,22). The van der Waals surface area contributed by atoms with E-state index in [1.54, 1.807) is 0 Å². The van der Waals surface area contributed by atoms with Gasteiger partial charge in [0.05, 0.1) is 0 Å². The maximum atomic E-state index is 4.76. The highest BCUT2D eigenvalue weighted by Gasteiger charge is 2.22. The molecular formula is C19H37N7S. The number of likely N-dealkylation sites (N-methyl/N-ethyl adjacent to an activating group) is 1. The molecule has 2 N–H and O–H groups in total. The summed E-state index contributed by atoms with van der Waals surface area (Å²) in [7, 11) is 1.98. The van der Waals surface area contributed by atoms with Gasteiger partial charge < -0.3 is 15.2 Å². The minimum Gasteiger partial charge on any atom is -0.356 e. The molecule has 1 unspecified atom stereocenters. The van der Waals surface area contributed by atoms with E-state index in [-0.39, 0.29) is 4.75 Å². The molecule has 0 spiro atoms. The molecule has 1 aliphatic heterocycles. The predicted octanol–water partition coefficient (Wildman–Crippen LogP) is 2.17. The average Bonchev–Trinajstić information content (AvgIpc) is 3.20. The number of nitrogens with one attached hydrogen (secondary N) is 2. The maximum Gasteiger partial charge on any atom is 0.191 e. The van der Waals surface area contributed by atoms with Crippen LogP contribution in [0.15, 0.2) is 4.99 Å². The molecule has 0 aliphatic carbocycles. The van der Waals surface area contributed by atoms with Crippen molar-refractivity contribution in [3.8, 4) is 0 Å². The molecule has 0 amide bonds. The minimum atomic E-state index is 0.286. The molecule has 27 heavy (non-hydrogen) atoms. The highest BCUT2D eigenvalue weighted by Crippen LogP contribution is 2.22. The molecule has 1 fully saturated rings. The lowest BCUT2D eigenvalue weighted by Gasteiger charge is -2.24. The van der Waals surface area contributed by atoms with Crippen LogP contribution >= 0.6 is 11.8 Å². The largest absolute Gasteiger partial charge is 0.356 e. The third-order valence-electron chi connectivity index (χ3n) is 4.90. The molecular weight excluding hydrogens is 358 g/mol. The van der Waals surface area contributed by atoms with Crippen LogP contribution in [-0.2, 0) is 13.6 Å². The van der Waals surface area contributed by atoms with Crippen molar-refractivity contribution in [3.63, 3.8) is 0 Å². The van der Waals surface area contributed by atoms with Crippen molar-refractivity contribution in [2.24, 2.45) is 12.0 Å². The molecule has 2 rings (SSSR count). The second kappa shape index (κ2) is 10.3. The fraction of sp³-hybridized carbons (Fsp3) is 0.842. The zero-order valence-corrected chi connectivity index (χ0v) is 18.7. The lowest BCUT2D eigenvalue weighted by Crippen LogP contribution is -2.45. The van der Waals surface area contributed by atoms with E-state index in [9.17, 15) is 0 Å². The molecule has 0 saturated carbocycles. The van der Waals surface area contributed by atoms with Crippen LogP contribution in [0.2, 0.25) is 0 Å². The number of guanidine groups is 1. The van der Waals surface area contributed by atoms with Crippen molar-refractivity contribution in [2.45, 2.75) is 64.8 Å². The molecule has 0 bridgehead atoms. The summed E-state index contributed by atoms with van der Waals surface area (Å²) in [5.41, 5.74) is 0. The van der Waals surface area contributed by atoms with Crippen LogP contribution in [0.1, 0.15) is 52.2 Å². The van der Waals surface area contributed by atoms with Gasteiger partial charge in [0.15, 0.2) is 11.8 Å². The number of hydrogen-bond donors (Lipinski definition) is 2. The monoisotopic (exact) mass is 395 g/mol. The zero-order chi connectivity index (χ0) is 19.9. The summed E-state index contributed by atoms with van der Waals surface area (Å²) in [4.78, 5) is 7.30. The summed E-state index contributed by atoms with van der Waals surface area (Å²) in [5.74, 6) is 3.72. The Kier molecular flexibility index (Phi) is 8.41. The van der Waals surface area contributed by atoms with Gasteiger partial charge in [-0.25, -0.2) is 4.99 Å². The summed E-state index contributed by atoms with van der Waals surface area (Å²) >= 11 is 1.96. The van der Waals surface area contributed by atoms with Crippen LogP contribution in [0, 0.1) is 6.92 Å². The number of hydrogen-bond acceptors (Lipinski definition) is 5. The van der Waals surface area contributed by atoms with E-state index in [0.29, 0.717) is 12.6 Å². The first-order valence-electron chi connectivity index (χ1n) is 10.0. The number of nitrogens with zero attached hydrogens (tertiary/aromatic N) is 5. The zero-order valence-electron chi connectivity index (χ0n) is 17.9. The Morgan fingerprint density at radius 1 is 1.30 bits per heavy atom. The lowest BCUT2D eigenvalue weighted by molar-refractivity contribution is 0.267. The molecule has 1 saturated heterocycles. The number of aliphatic imine (C=N–C) groups is 1. The van der Waals surface area contributed by atoms with E-state index in [1.165, 1.54) is 19.4 Å². The van der Waals surface area contributed by atoms with Crippen LogP contribution < -0.4 is 10.6 Å². The Labute approximate surface area is 168 Å². The van der Waals surface area contributed by atoms with Gasteiger partial charge in [-0.05, 0) is 32.9 Å². The summed E-state index contributed by atoms with van der Waals surface area (Å²) in [6, 6.07) is 0.600. The Bertz CT molecular complexity index is 606. The third-order valence-corrected chi connectivity index (χ3v) is 6.18. The molecule has 2 heterocycles. The fourth-order valence-electron chi connectivity index (χ4n) is 3.20. The highest BCUT2D eigenvalue weighted by atomic mass is 32.2. The van der Waals surface area contributed by atoms with Gasteiger partial charge in [-0.1, -0.05) is 27.7 Å². The summed E-state index contributed by atoms with van der Waals surface area (Å²) < 4.78 is 2.28. The van der Waals surface area contributed by atoms with Crippen molar-refractivity contribution in [2.75, 3.05) is 31.9 Å². The average molecular weight is 396 g/mol. The molecule has 1 aliphatic rings. The van der Waals surface area contributed by atoms with Crippen LogP contribution in [0.3, 0.4) is 0 Å². The van der Waals surface area contributed by atoms with Gasteiger partial charge in [0.25, 0.3) is 0 Å². The molecule has 0 radical (unpaired) electrons. The summed E-state index contributed by atoms with van der Waals surface area (Å²) in [6.07, 6.45) is 2.55. The molecule has 154 valence electrons. The molecule has 1 aromatic heterocycles. The SMILES string of the molecule is CCN1CCCC1CNC(=NCc1nnc(C)n1C)NCCSC(C)(C)C. The van der Waals surface area contributed by atoms with Crippen LogP contribution in [0.5, 0.6) is 0 Å². The highest BCUT2D eigenvalue weighted by molar-refractivity contribution is 8.00. The van der Waals surface area contributed by atoms with Crippen molar-refractivity contribution in [3.05, 3.63) is 11.6 Å². The molecule has 1 atom stereocenters. The molecule has 1 aromatic rings.